The monoisotopic (exact) mass is 323 g/mol. The zero-order chi connectivity index (χ0) is 17.1. The highest BCUT2D eigenvalue weighted by molar-refractivity contribution is 6.01. The topological polar surface area (TPSA) is 49.3 Å². The minimum atomic E-state index is -0.294. The number of benzene rings is 1. The van der Waals surface area contributed by atoms with Crippen LogP contribution < -0.4 is 9.47 Å². The Kier molecular flexibility index (Phi) is 9.33. The molecule has 130 valence electrons. The lowest BCUT2D eigenvalue weighted by molar-refractivity contribution is -0.128. The SMILES string of the molecule is CCC/C(=N\CC(OCC)OCC)c1ccc(OC)c(OC)c1. The normalized spacial score (nSPS) is 11.8. The summed E-state index contributed by atoms with van der Waals surface area (Å²) in [7, 11) is 3.27. The first-order valence-corrected chi connectivity index (χ1v) is 8.18. The molecule has 0 aromatic heterocycles. The van der Waals surface area contributed by atoms with E-state index in [2.05, 4.69) is 6.92 Å². The number of ether oxygens (including phenoxy) is 4. The van der Waals surface area contributed by atoms with Crippen molar-refractivity contribution >= 4 is 5.71 Å². The predicted molar refractivity (Wildman–Crippen MR) is 92.9 cm³/mol. The van der Waals surface area contributed by atoms with Gasteiger partial charge in [-0.15, -0.1) is 0 Å². The third-order valence-corrected chi connectivity index (χ3v) is 3.34. The molecule has 5 heteroatoms. The van der Waals surface area contributed by atoms with Crippen molar-refractivity contribution in [1.29, 1.82) is 0 Å². The Labute approximate surface area is 139 Å². The second-order valence-electron chi connectivity index (χ2n) is 4.95. The van der Waals surface area contributed by atoms with E-state index in [1.165, 1.54) is 0 Å². The van der Waals surface area contributed by atoms with Crippen molar-refractivity contribution in [3.05, 3.63) is 23.8 Å². The van der Waals surface area contributed by atoms with Gasteiger partial charge in [0.15, 0.2) is 17.8 Å². The van der Waals surface area contributed by atoms with Crippen LogP contribution in [0.2, 0.25) is 0 Å². The molecule has 0 unspecified atom stereocenters. The molecule has 0 radical (unpaired) electrons. The molecule has 0 aliphatic heterocycles. The van der Waals surface area contributed by atoms with E-state index in [1.807, 2.05) is 32.0 Å². The van der Waals surface area contributed by atoms with E-state index < -0.39 is 0 Å². The number of nitrogens with zero attached hydrogens (tertiary/aromatic N) is 1. The van der Waals surface area contributed by atoms with Gasteiger partial charge in [0.05, 0.1) is 20.8 Å². The second-order valence-corrected chi connectivity index (χ2v) is 4.95. The van der Waals surface area contributed by atoms with Crippen LogP contribution in [0.3, 0.4) is 0 Å². The average Bonchev–Trinajstić information content (AvgIpc) is 2.58. The Hall–Kier alpha value is -1.59. The minimum Gasteiger partial charge on any atom is -0.493 e. The van der Waals surface area contributed by atoms with Crippen molar-refractivity contribution in [2.75, 3.05) is 34.0 Å². The Bertz CT molecular complexity index is 482. The van der Waals surface area contributed by atoms with Crippen molar-refractivity contribution < 1.29 is 18.9 Å². The molecule has 0 aliphatic rings. The number of aliphatic imine (C=N–C) groups is 1. The molecule has 0 saturated carbocycles. The maximum Gasteiger partial charge on any atom is 0.176 e. The summed E-state index contributed by atoms with van der Waals surface area (Å²) in [5.74, 6) is 1.42. The molecule has 0 heterocycles. The summed E-state index contributed by atoms with van der Waals surface area (Å²) in [6.07, 6.45) is 1.61. The van der Waals surface area contributed by atoms with Gasteiger partial charge in [0, 0.05) is 18.9 Å². The summed E-state index contributed by atoms with van der Waals surface area (Å²) in [6, 6.07) is 5.87. The maximum atomic E-state index is 5.55. The predicted octanol–water partition coefficient (Wildman–Crippen LogP) is 3.69. The van der Waals surface area contributed by atoms with E-state index in [-0.39, 0.29) is 6.29 Å². The zero-order valence-corrected chi connectivity index (χ0v) is 14.9. The highest BCUT2D eigenvalue weighted by Gasteiger charge is 2.11. The summed E-state index contributed by atoms with van der Waals surface area (Å²) < 4.78 is 21.8. The summed E-state index contributed by atoms with van der Waals surface area (Å²) in [4.78, 5) is 4.72. The van der Waals surface area contributed by atoms with Gasteiger partial charge >= 0.3 is 0 Å². The van der Waals surface area contributed by atoms with Crippen LogP contribution >= 0.6 is 0 Å². The summed E-state index contributed by atoms with van der Waals surface area (Å²) in [6.45, 7) is 7.76. The fourth-order valence-corrected chi connectivity index (χ4v) is 2.28. The number of rotatable bonds is 11. The van der Waals surface area contributed by atoms with E-state index in [1.54, 1.807) is 14.2 Å². The molecule has 5 nitrogen and oxygen atoms in total. The van der Waals surface area contributed by atoms with E-state index in [4.69, 9.17) is 23.9 Å². The Morgan fingerprint density at radius 2 is 1.65 bits per heavy atom. The third kappa shape index (κ3) is 6.20. The number of hydrogen-bond donors (Lipinski definition) is 0. The number of methoxy groups -OCH3 is 2. The largest absolute Gasteiger partial charge is 0.493 e. The Balaban J connectivity index is 2.98. The fraction of sp³-hybridized carbons (Fsp3) is 0.611. The molecular weight excluding hydrogens is 294 g/mol. The van der Waals surface area contributed by atoms with E-state index in [0.29, 0.717) is 31.3 Å². The van der Waals surface area contributed by atoms with Gasteiger partial charge in [0.2, 0.25) is 0 Å². The van der Waals surface area contributed by atoms with Crippen LogP contribution in [0.5, 0.6) is 11.5 Å². The van der Waals surface area contributed by atoms with Crippen LogP contribution in [-0.2, 0) is 9.47 Å². The molecule has 0 saturated heterocycles. The lowest BCUT2D eigenvalue weighted by Crippen LogP contribution is -2.21. The van der Waals surface area contributed by atoms with Gasteiger partial charge in [-0.3, -0.25) is 4.99 Å². The quantitative estimate of drug-likeness (QED) is 0.460. The van der Waals surface area contributed by atoms with Crippen molar-refractivity contribution in [1.82, 2.24) is 0 Å². The molecule has 23 heavy (non-hydrogen) atoms. The molecule has 1 aromatic carbocycles. The molecule has 0 bridgehead atoms. The maximum absolute atomic E-state index is 5.55. The first kappa shape index (κ1) is 19.5. The van der Waals surface area contributed by atoms with Crippen molar-refractivity contribution in [2.24, 2.45) is 4.99 Å². The Morgan fingerprint density at radius 1 is 1.00 bits per heavy atom. The molecule has 1 rings (SSSR count). The third-order valence-electron chi connectivity index (χ3n) is 3.34. The Morgan fingerprint density at radius 3 is 2.17 bits per heavy atom. The number of hydrogen-bond acceptors (Lipinski definition) is 5. The van der Waals surface area contributed by atoms with Gasteiger partial charge in [-0.2, -0.15) is 0 Å². The van der Waals surface area contributed by atoms with Crippen LogP contribution in [0, 0.1) is 0 Å². The molecular formula is C18H29NO4. The van der Waals surface area contributed by atoms with Gasteiger partial charge in [0.25, 0.3) is 0 Å². The zero-order valence-electron chi connectivity index (χ0n) is 14.9. The van der Waals surface area contributed by atoms with Crippen LogP contribution in [0.25, 0.3) is 0 Å². The standard InChI is InChI=1S/C18H29NO4/c1-6-9-15(19-13-18(22-7-2)23-8-3)14-10-11-16(20-4)17(12-14)21-5/h10-12,18H,6-9,13H2,1-5H3/b19-15+. The van der Waals surface area contributed by atoms with E-state index in [9.17, 15) is 0 Å². The molecule has 1 aromatic rings. The van der Waals surface area contributed by atoms with E-state index in [0.717, 1.165) is 24.1 Å². The lowest BCUT2D eigenvalue weighted by atomic mass is 10.1. The summed E-state index contributed by atoms with van der Waals surface area (Å²) in [5.41, 5.74) is 2.06. The summed E-state index contributed by atoms with van der Waals surface area (Å²) in [5, 5.41) is 0. The summed E-state index contributed by atoms with van der Waals surface area (Å²) >= 11 is 0. The van der Waals surface area contributed by atoms with E-state index >= 15 is 0 Å². The smallest absolute Gasteiger partial charge is 0.176 e. The van der Waals surface area contributed by atoms with Gasteiger partial charge < -0.3 is 18.9 Å². The van der Waals surface area contributed by atoms with Gasteiger partial charge in [0.1, 0.15) is 0 Å². The fourth-order valence-electron chi connectivity index (χ4n) is 2.28. The van der Waals surface area contributed by atoms with Gasteiger partial charge in [-0.1, -0.05) is 13.3 Å². The first-order valence-electron chi connectivity index (χ1n) is 8.18. The minimum absolute atomic E-state index is 0.294. The van der Waals surface area contributed by atoms with Gasteiger partial charge in [-0.25, -0.2) is 0 Å². The molecule has 0 atom stereocenters. The molecule has 0 N–H and O–H groups in total. The van der Waals surface area contributed by atoms with Crippen molar-refractivity contribution in [3.8, 4) is 11.5 Å². The average molecular weight is 323 g/mol. The highest BCUT2D eigenvalue weighted by Crippen LogP contribution is 2.28. The molecule has 0 amide bonds. The lowest BCUT2D eigenvalue weighted by Gasteiger charge is -2.16. The van der Waals surface area contributed by atoms with Crippen LogP contribution in [-0.4, -0.2) is 46.0 Å². The van der Waals surface area contributed by atoms with Crippen LogP contribution in [0.1, 0.15) is 39.2 Å². The van der Waals surface area contributed by atoms with Crippen molar-refractivity contribution in [2.45, 2.75) is 39.9 Å². The second kappa shape index (κ2) is 11.0. The van der Waals surface area contributed by atoms with Gasteiger partial charge in [-0.05, 0) is 44.0 Å². The highest BCUT2D eigenvalue weighted by atomic mass is 16.7. The molecule has 0 spiro atoms. The van der Waals surface area contributed by atoms with Crippen LogP contribution in [0.15, 0.2) is 23.2 Å². The molecule has 0 fully saturated rings. The molecule has 0 aliphatic carbocycles. The first-order chi connectivity index (χ1) is 11.2. The van der Waals surface area contributed by atoms with Crippen molar-refractivity contribution in [3.63, 3.8) is 0 Å². The van der Waals surface area contributed by atoms with Crippen LogP contribution in [0.4, 0.5) is 0 Å².